The Morgan fingerprint density at radius 2 is 1.46 bits per heavy atom. The van der Waals surface area contributed by atoms with Crippen LogP contribution in [0.15, 0.2) is 42.5 Å². The molecule has 2 aromatic carbocycles. The van der Waals surface area contributed by atoms with Crippen LogP contribution in [0.4, 0.5) is 0 Å². The van der Waals surface area contributed by atoms with Crippen molar-refractivity contribution in [2.75, 3.05) is 0 Å². The molecule has 0 fully saturated rings. The molecule has 2 heterocycles. The maximum atomic E-state index is 4.48. The van der Waals surface area contributed by atoms with Crippen molar-refractivity contribution in [1.82, 2.24) is 15.0 Å². The van der Waals surface area contributed by atoms with Gasteiger partial charge in [0.05, 0.1) is 0 Å². The molecule has 0 saturated carbocycles. The van der Waals surface area contributed by atoms with Gasteiger partial charge in [0.15, 0.2) is 0 Å². The molecule has 1 aliphatic heterocycles. The molecule has 0 unspecified atom stereocenters. The summed E-state index contributed by atoms with van der Waals surface area (Å²) in [5.74, 6) is 2.43. The number of rotatable bonds is 2. The molecule has 0 aliphatic carbocycles. The molecule has 0 N–H and O–H groups in total. The van der Waals surface area contributed by atoms with Crippen molar-refractivity contribution >= 4 is 18.4 Å². The molecule has 0 spiro atoms. The van der Waals surface area contributed by atoms with Crippen molar-refractivity contribution in [2.45, 2.75) is 33.4 Å². The Labute approximate surface area is 143 Å². The van der Waals surface area contributed by atoms with Crippen LogP contribution >= 0.6 is 0 Å². The molecule has 0 bridgehead atoms. The Kier molecular flexibility index (Phi) is 3.39. The molecular weight excluding hydrogens is 310 g/mol. The average molecular weight is 331 g/mol. The summed E-state index contributed by atoms with van der Waals surface area (Å²) in [7, 11) is -1.56. The lowest BCUT2D eigenvalue weighted by molar-refractivity contribution is 0.843. The third-order valence-electron chi connectivity index (χ3n) is 4.92. The Hall–Kier alpha value is -2.33. The minimum absolute atomic E-state index is 0.752. The highest BCUT2D eigenvalue weighted by molar-refractivity contribution is 7.03. The van der Waals surface area contributed by atoms with Crippen LogP contribution in [0.3, 0.4) is 0 Å². The van der Waals surface area contributed by atoms with E-state index >= 15 is 0 Å². The molecule has 1 aromatic heterocycles. The molecule has 120 valence electrons. The fraction of sp³-hybridized carbons (Fsp3) is 0.250. The normalized spacial score (nSPS) is 14.3. The van der Waals surface area contributed by atoms with E-state index < -0.39 is 8.07 Å². The lowest BCUT2D eigenvalue weighted by atomic mass is 10.0. The summed E-state index contributed by atoms with van der Waals surface area (Å²) in [5.41, 5.74) is 4.08. The van der Waals surface area contributed by atoms with Crippen LogP contribution in [0.2, 0.25) is 13.1 Å². The number of hydrogen-bond acceptors (Lipinski definition) is 3. The van der Waals surface area contributed by atoms with Crippen molar-refractivity contribution in [3.05, 3.63) is 65.5 Å². The summed E-state index contributed by atoms with van der Waals surface area (Å²) in [5, 5.41) is 3.08. The van der Waals surface area contributed by atoms with Crippen LogP contribution in [-0.4, -0.2) is 23.0 Å². The highest BCUT2D eigenvalue weighted by atomic mass is 28.3. The predicted molar refractivity (Wildman–Crippen MR) is 101 cm³/mol. The lowest BCUT2D eigenvalue weighted by Gasteiger charge is -2.18. The number of aromatic nitrogens is 3. The number of hydrogen-bond donors (Lipinski definition) is 0. The molecule has 4 heteroatoms. The summed E-state index contributed by atoms with van der Waals surface area (Å²) < 4.78 is 0. The Morgan fingerprint density at radius 1 is 0.792 bits per heavy atom. The second-order valence-electron chi connectivity index (χ2n) is 7.07. The van der Waals surface area contributed by atoms with E-state index in [1.165, 1.54) is 21.9 Å². The number of nitrogens with zero attached hydrogens (tertiary/aromatic N) is 3. The summed E-state index contributed by atoms with van der Waals surface area (Å²) in [6, 6.07) is 15.8. The second-order valence-corrected chi connectivity index (χ2v) is 11.4. The molecule has 3 aromatic rings. The summed E-state index contributed by atoms with van der Waals surface area (Å²) in [4.78, 5) is 13.2. The van der Waals surface area contributed by atoms with E-state index in [9.17, 15) is 0 Å². The summed E-state index contributed by atoms with van der Waals surface area (Å²) in [6.45, 7) is 8.72. The maximum Gasteiger partial charge on any atom is 0.136 e. The van der Waals surface area contributed by atoms with Crippen molar-refractivity contribution in [2.24, 2.45) is 0 Å². The van der Waals surface area contributed by atoms with Gasteiger partial charge >= 0.3 is 0 Å². The molecular formula is C20H21N3Si. The number of aryl methyl sites for hydroxylation is 2. The van der Waals surface area contributed by atoms with Gasteiger partial charge in [-0.25, -0.2) is 15.0 Å². The van der Waals surface area contributed by atoms with Gasteiger partial charge in [-0.2, -0.15) is 0 Å². The fourth-order valence-electron chi connectivity index (χ4n) is 3.82. The minimum Gasteiger partial charge on any atom is -0.219 e. The molecule has 4 rings (SSSR count). The van der Waals surface area contributed by atoms with Gasteiger partial charge < -0.3 is 0 Å². The number of fused-ring (bicyclic) bond motifs is 3. The Balaban J connectivity index is 1.78. The van der Waals surface area contributed by atoms with Gasteiger partial charge in [-0.3, -0.25) is 0 Å². The first-order valence-electron chi connectivity index (χ1n) is 8.36. The van der Waals surface area contributed by atoms with Crippen LogP contribution in [0.1, 0.15) is 23.0 Å². The SMILES string of the molecule is Cc1nc(C)nc(Cc2ccc3c(c2)-c2ccccc2[Si]3(C)C)n1. The van der Waals surface area contributed by atoms with Crippen LogP contribution in [-0.2, 0) is 6.42 Å². The van der Waals surface area contributed by atoms with Gasteiger partial charge in [-0.15, -0.1) is 0 Å². The highest BCUT2D eigenvalue weighted by Gasteiger charge is 2.36. The van der Waals surface area contributed by atoms with Crippen LogP contribution in [0, 0.1) is 13.8 Å². The van der Waals surface area contributed by atoms with Gasteiger partial charge in [-0.1, -0.05) is 55.6 Å². The topological polar surface area (TPSA) is 38.7 Å². The van der Waals surface area contributed by atoms with E-state index in [1.54, 1.807) is 5.19 Å². The van der Waals surface area contributed by atoms with Gasteiger partial charge in [-0.05, 0) is 40.9 Å². The zero-order chi connectivity index (χ0) is 16.9. The quantitative estimate of drug-likeness (QED) is 0.678. The van der Waals surface area contributed by atoms with E-state index in [0.29, 0.717) is 0 Å². The van der Waals surface area contributed by atoms with Crippen LogP contribution in [0.5, 0.6) is 0 Å². The van der Waals surface area contributed by atoms with Crippen molar-refractivity contribution in [1.29, 1.82) is 0 Å². The fourth-order valence-corrected chi connectivity index (χ4v) is 6.90. The third-order valence-corrected chi connectivity index (χ3v) is 8.48. The van der Waals surface area contributed by atoms with Crippen LogP contribution < -0.4 is 10.4 Å². The molecule has 0 atom stereocenters. The van der Waals surface area contributed by atoms with Crippen LogP contribution in [0.25, 0.3) is 11.1 Å². The zero-order valence-corrected chi connectivity index (χ0v) is 15.6. The van der Waals surface area contributed by atoms with Gasteiger partial charge in [0, 0.05) is 6.42 Å². The smallest absolute Gasteiger partial charge is 0.136 e. The Morgan fingerprint density at radius 3 is 2.21 bits per heavy atom. The zero-order valence-electron chi connectivity index (χ0n) is 14.6. The summed E-state index contributed by atoms with van der Waals surface area (Å²) >= 11 is 0. The maximum absolute atomic E-state index is 4.48. The van der Waals surface area contributed by atoms with E-state index in [0.717, 1.165) is 23.9 Å². The predicted octanol–water partition coefficient (Wildman–Crippen LogP) is 2.88. The lowest BCUT2D eigenvalue weighted by Crippen LogP contribution is -2.49. The average Bonchev–Trinajstić information content (AvgIpc) is 2.75. The van der Waals surface area contributed by atoms with Gasteiger partial charge in [0.1, 0.15) is 25.5 Å². The largest absolute Gasteiger partial charge is 0.219 e. The van der Waals surface area contributed by atoms with Crippen molar-refractivity contribution in [3.63, 3.8) is 0 Å². The summed E-state index contributed by atoms with van der Waals surface area (Å²) in [6.07, 6.45) is 0.752. The first-order valence-corrected chi connectivity index (χ1v) is 11.4. The van der Waals surface area contributed by atoms with E-state index in [-0.39, 0.29) is 0 Å². The molecule has 0 radical (unpaired) electrons. The molecule has 24 heavy (non-hydrogen) atoms. The highest BCUT2D eigenvalue weighted by Crippen LogP contribution is 2.29. The minimum atomic E-state index is -1.56. The van der Waals surface area contributed by atoms with Gasteiger partial charge in [0.25, 0.3) is 0 Å². The molecule has 3 nitrogen and oxygen atoms in total. The van der Waals surface area contributed by atoms with Gasteiger partial charge in [0.2, 0.25) is 0 Å². The monoisotopic (exact) mass is 331 g/mol. The van der Waals surface area contributed by atoms with E-state index in [2.05, 4.69) is 70.5 Å². The Bertz CT molecular complexity index is 927. The molecule has 0 amide bonds. The van der Waals surface area contributed by atoms with E-state index in [4.69, 9.17) is 0 Å². The first kappa shape index (κ1) is 15.2. The molecule has 0 saturated heterocycles. The van der Waals surface area contributed by atoms with E-state index in [1.807, 2.05) is 13.8 Å². The third kappa shape index (κ3) is 2.38. The first-order chi connectivity index (χ1) is 11.4. The second kappa shape index (κ2) is 5.35. The van der Waals surface area contributed by atoms with Crippen molar-refractivity contribution < 1.29 is 0 Å². The van der Waals surface area contributed by atoms with Crippen molar-refractivity contribution in [3.8, 4) is 11.1 Å². The standard InChI is InChI=1S/C20H21N3Si/c1-13-21-14(2)23-20(22-13)12-15-9-10-19-17(11-15)16-7-5-6-8-18(16)24(19,3)4/h5-11H,12H2,1-4H3. The molecule has 1 aliphatic rings. The number of benzene rings is 2.